The number of hydrogen-bond donors (Lipinski definition) is 1. The molecule has 0 atom stereocenters. The molecule has 56 valence electrons. The zero-order chi connectivity index (χ0) is 8.27. The van der Waals surface area contributed by atoms with Gasteiger partial charge in [-0.15, -0.1) is 0 Å². The van der Waals surface area contributed by atoms with Crippen LogP contribution in [0.5, 0.6) is 5.75 Å². The number of aromatic hydroxyl groups is 1. The van der Waals surface area contributed by atoms with Crippen LogP contribution in [0.15, 0.2) is 43.5 Å². The summed E-state index contributed by atoms with van der Waals surface area (Å²) in [5.41, 5.74) is 1.72. The van der Waals surface area contributed by atoms with E-state index in [1.807, 2.05) is 6.07 Å². The minimum atomic E-state index is 0.255. The van der Waals surface area contributed by atoms with E-state index in [0.717, 1.165) is 11.1 Å². The van der Waals surface area contributed by atoms with Gasteiger partial charge in [-0.1, -0.05) is 31.4 Å². The minimum Gasteiger partial charge on any atom is -0.508 e. The summed E-state index contributed by atoms with van der Waals surface area (Å²) in [5.74, 6) is 0.255. The molecule has 0 amide bonds. The molecule has 1 heteroatoms. The second kappa shape index (κ2) is 3.06. The fraction of sp³-hybridized carbons (Fsp3) is 0. The number of benzene rings is 1. The number of phenolic OH excluding ortho intramolecular Hbond substituents is 1. The predicted octanol–water partition coefficient (Wildman–Crippen LogP) is 2.59. The summed E-state index contributed by atoms with van der Waals surface area (Å²) in [4.78, 5) is 0. The monoisotopic (exact) mass is 146 g/mol. The average molecular weight is 146 g/mol. The van der Waals surface area contributed by atoms with Crippen molar-refractivity contribution in [3.05, 3.63) is 49.1 Å². The summed E-state index contributed by atoms with van der Waals surface area (Å²) in [6, 6.07) is 6.94. The van der Waals surface area contributed by atoms with Crippen LogP contribution < -0.4 is 0 Å². The van der Waals surface area contributed by atoms with Crippen LogP contribution in [0.2, 0.25) is 0 Å². The molecule has 0 aromatic heterocycles. The fourth-order valence-electron chi connectivity index (χ4n) is 0.824. The molecule has 0 radical (unpaired) electrons. The molecule has 1 N–H and O–H groups in total. The molecular weight excluding hydrogens is 136 g/mol. The highest BCUT2D eigenvalue weighted by molar-refractivity contribution is 5.71. The Balaban J connectivity index is 3.05. The summed E-state index contributed by atoms with van der Waals surface area (Å²) >= 11 is 0. The molecule has 11 heavy (non-hydrogen) atoms. The Morgan fingerprint density at radius 3 is 2.73 bits per heavy atom. The minimum absolute atomic E-state index is 0.255. The van der Waals surface area contributed by atoms with Crippen LogP contribution in [0, 0.1) is 0 Å². The molecule has 1 rings (SSSR count). The van der Waals surface area contributed by atoms with Crippen molar-refractivity contribution in [3.8, 4) is 5.75 Å². The molecule has 0 fully saturated rings. The normalized spacial score (nSPS) is 9.09. The topological polar surface area (TPSA) is 20.2 Å². The molecule has 1 aromatic carbocycles. The molecule has 0 unspecified atom stereocenters. The van der Waals surface area contributed by atoms with E-state index in [2.05, 4.69) is 13.2 Å². The molecule has 0 aliphatic heterocycles. The van der Waals surface area contributed by atoms with Gasteiger partial charge in [0.25, 0.3) is 0 Å². The Morgan fingerprint density at radius 2 is 2.18 bits per heavy atom. The number of allylic oxidation sites excluding steroid dienone is 2. The van der Waals surface area contributed by atoms with Gasteiger partial charge in [0.2, 0.25) is 0 Å². The zero-order valence-electron chi connectivity index (χ0n) is 6.25. The number of hydrogen-bond acceptors (Lipinski definition) is 1. The van der Waals surface area contributed by atoms with Crippen molar-refractivity contribution in [2.45, 2.75) is 0 Å². The highest BCUT2D eigenvalue weighted by atomic mass is 16.3. The van der Waals surface area contributed by atoms with Crippen molar-refractivity contribution < 1.29 is 5.11 Å². The van der Waals surface area contributed by atoms with Gasteiger partial charge in [0.05, 0.1) is 0 Å². The van der Waals surface area contributed by atoms with Gasteiger partial charge in [-0.25, -0.2) is 0 Å². The van der Waals surface area contributed by atoms with Gasteiger partial charge in [-0.2, -0.15) is 0 Å². The largest absolute Gasteiger partial charge is 0.508 e. The van der Waals surface area contributed by atoms with Gasteiger partial charge in [0, 0.05) is 0 Å². The Hall–Kier alpha value is -1.50. The lowest BCUT2D eigenvalue weighted by Crippen LogP contribution is -1.76. The lowest BCUT2D eigenvalue weighted by atomic mass is 10.1. The van der Waals surface area contributed by atoms with Crippen molar-refractivity contribution in [1.82, 2.24) is 0 Å². The lowest BCUT2D eigenvalue weighted by Gasteiger charge is -1.99. The Labute approximate surface area is 66.3 Å². The van der Waals surface area contributed by atoms with Gasteiger partial charge in [0.15, 0.2) is 0 Å². The highest BCUT2D eigenvalue weighted by Gasteiger charge is 1.93. The van der Waals surface area contributed by atoms with Gasteiger partial charge < -0.3 is 5.11 Å². The third-order valence-corrected chi connectivity index (χ3v) is 1.46. The molecule has 1 aromatic rings. The van der Waals surface area contributed by atoms with Crippen LogP contribution in [0.1, 0.15) is 5.56 Å². The summed E-state index contributed by atoms with van der Waals surface area (Å²) in [5, 5.41) is 9.08. The fourth-order valence-corrected chi connectivity index (χ4v) is 0.824. The van der Waals surface area contributed by atoms with E-state index in [9.17, 15) is 0 Å². The van der Waals surface area contributed by atoms with Crippen molar-refractivity contribution >= 4 is 5.57 Å². The van der Waals surface area contributed by atoms with E-state index in [-0.39, 0.29) is 5.75 Å². The summed E-state index contributed by atoms with van der Waals surface area (Å²) < 4.78 is 0. The Kier molecular flexibility index (Phi) is 2.12. The van der Waals surface area contributed by atoms with Crippen LogP contribution in [0.4, 0.5) is 0 Å². The quantitative estimate of drug-likeness (QED) is 0.636. The number of phenols is 1. The first-order valence-electron chi connectivity index (χ1n) is 3.35. The third kappa shape index (κ3) is 1.71. The van der Waals surface area contributed by atoms with Crippen molar-refractivity contribution in [3.63, 3.8) is 0 Å². The maximum Gasteiger partial charge on any atom is 0.116 e. The molecular formula is C10H10O. The Bertz CT molecular complexity index is 287. The first-order valence-corrected chi connectivity index (χ1v) is 3.35. The van der Waals surface area contributed by atoms with E-state index in [4.69, 9.17) is 5.11 Å². The van der Waals surface area contributed by atoms with Crippen LogP contribution in [0.3, 0.4) is 0 Å². The highest BCUT2D eigenvalue weighted by Crippen LogP contribution is 2.17. The van der Waals surface area contributed by atoms with E-state index in [1.54, 1.807) is 24.3 Å². The van der Waals surface area contributed by atoms with Crippen LogP contribution >= 0.6 is 0 Å². The van der Waals surface area contributed by atoms with Crippen LogP contribution in [0.25, 0.3) is 5.57 Å². The predicted molar refractivity (Wildman–Crippen MR) is 47.3 cm³/mol. The standard InChI is InChI=1S/C10H10O/c1-3-8(2)9-5-4-6-10(11)7-9/h3-7,11H,1-2H2. The van der Waals surface area contributed by atoms with Crippen molar-refractivity contribution in [2.75, 3.05) is 0 Å². The van der Waals surface area contributed by atoms with Crippen LogP contribution in [-0.4, -0.2) is 5.11 Å². The average Bonchev–Trinajstić information content (AvgIpc) is 2.03. The molecule has 0 saturated carbocycles. The van der Waals surface area contributed by atoms with Crippen LogP contribution in [-0.2, 0) is 0 Å². The molecule has 0 aliphatic carbocycles. The molecule has 0 heterocycles. The molecule has 0 saturated heterocycles. The van der Waals surface area contributed by atoms with Crippen molar-refractivity contribution in [1.29, 1.82) is 0 Å². The van der Waals surface area contributed by atoms with Gasteiger partial charge in [0.1, 0.15) is 5.75 Å². The maximum absolute atomic E-state index is 9.08. The first kappa shape index (κ1) is 7.61. The lowest BCUT2D eigenvalue weighted by molar-refractivity contribution is 0.475. The van der Waals surface area contributed by atoms with E-state index < -0.39 is 0 Å². The first-order chi connectivity index (χ1) is 5.24. The summed E-state index contributed by atoms with van der Waals surface area (Å²) in [7, 11) is 0. The van der Waals surface area contributed by atoms with Crippen molar-refractivity contribution in [2.24, 2.45) is 0 Å². The molecule has 0 aliphatic rings. The SMILES string of the molecule is C=CC(=C)c1cccc(O)c1. The second-order valence-corrected chi connectivity index (χ2v) is 2.28. The van der Waals surface area contributed by atoms with Gasteiger partial charge in [-0.05, 0) is 23.3 Å². The van der Waals surface area contributed by atoms with E-state index >= 15 is 0 Å². The smallest absolute Gasteiger partial charge is 0.116 e. The molecule has 0 bridgehead atoms. The second-order valence-electron chi connectivity index (χ2n) is 2.28. The van der Waals surface area contributed by atoms with Gasteiger partial charge in [-0.3, -0.25) is 0 Å². The number of rotatable bonds is 2. The maximum atomic E-state index is 9.08. The molecule has 1 nitrogen and oxygen atoms in total. The molecule has 0 spiro atoms. The Morgan fingerprint density at radius 1 is 1.45 bits per heavy atom. The zero-order valence-corrected chi connectivity index (χ0v) is 6.25. The third-order valence-electron chi connectivity index (χ3n) is 1.46. The van der Waals surface area contributed by atoms with E-state index in [0.29, 0.717) is 0 Å². The van der Waals surface area contributed by atoms with Gasteiger partial charge >= 0.3 is 0 Å². The van der Waals surface area contributed by atoms with E-state index in [1.165, 1.54) is 0 Å². The summed E-state index contributed by atoms with van der Waals surface area (Å²) in [6.07, 6.45) is 1.66. The summed E-state index contributed by atoms with van der Waals surface area (Å²) in [6.45, 7) is 7.34.